The fraction of sp³-hybridized carbons (Fsp3) is 0.231. The van der Waals surface area contributed by atoms with Gasteiger partial charge in [0.05, 0.1) is 5.01 Å². The van der Waals surface area contributed by atoms with Crippen molar-refractivity contribution in [3.05, 3.63) is 51.0 Å². The molecule has 106 valence electrons. The Hall–Kier alpha value is -1.89. The highest BCUT2D eigenvalue weighted by Crippen LogP contribution is 2.34. The SMILES string of the molecule is Cc1cccc(Cc2nc(C(F)(F)F)c(C(=O)O)s2)c1. The maximum atomic E-state index is 12.7. The van der Waals surface area contributed by atoms with Crippen molar-refractivity contribution in [1.29, 1.82) is 0 Å². The van der Waals surface area contributed by atoms with Crippen molar-refractivity contribution in [1.82, 2.24) is 4.98 Å². The van der Waals surface area contributed by atoms with Gasteiger partial charge in [-0.1, -0.05) is 29.8 Å². The molecule has 0 spiro atoms. The Morgan fingerprint density at radius 3 is 2.60 bits per heavy atom. The Bertz CT molecular complexity index is 649. The second kappa shape index (κ2) is 5.24. The van der Waals surface area contributed by atoms with E-state index in [9.17, 15) is 18.0 Å². The standard InChI is InChI=1S/C13H10F3NO2S/c1-7-3-2-4-8(5-7)6-9-17-11(13(14,15)16)10(20-9)12(18)19/h2-5H,6H2,1H3,(H,18,19). The van der Waals surface area contributed by atoms with Crippen molar-refractivity contribution >= 4 is 17.3 Å². The third-order valence-corrected chi connectivity index (χ3v) is 3.62. The summed E-state index contributed by atoms with van der Waals surface area (Å²) in [6.45, 7) is 1.87. The van der Waals surface area contributed by atoms with Gasteiger partial charge in [0.1, 0.15) is 4.88 Å². The number of carbonyl (C=O) groups is 1. The van der Waals surface area contributed by atoms with Gasteiger partial charge in [-0.25, -0.2) is 9.78 Å². The average Bonchev–Trinajstić information content (AvgIpc) is 2.73. The highest BCUT2D eigenvalue weighted by atomic mass is 32.1. The zero-order chi connectivity index (χ0) is 14.9. The second-order valence-electron chi connectivity index (χ2n) is 4.25. The van der Waals surface area contributed by atoms with Gasteiger partial charge in [-0.3, -0.25) is 0 Å². The van der Waals surface area contributed by atoms with E-state index in [0.717, 1.165) is 11.1 Å². The Morgan fingerprint density at radius 2 is 2.10 bits per heavy atom. The molecular weight excluding hydrogens is 291 g/mol. The molecule has 0 aliphatic carbocycles. The van der Waals surface area contributed by atoms with Crippen LogP contribution in [0.25, 0.3) is 0 Å². The maximum absolute atomic E-state index is 12.7. The van der Waals surface area contributed by atoms with Gasteiger partial charge < -0.3 is 5.11 Å². The van der Waals surface area contributed by atoms with E-state index in [2.05, 4.69) is 4.98 Å². The highest BCUT2D eigenvalue weighted by molar-refractivity contribution is 7.13. The minimum absolute atomic E-state index is 0.139. The summed E-state index contributed by atoms with van der Waals surface area (Å²) in [6, 6.07) is 7.26. The minimum Gasteiger partial charge on any atom is -0.477 e. The molecule has 0 aliphatic rings. The summed E-state index contributed by atoms with van der Waals surface area (Å²) in [4.78, 5) is 13.5. The molecular formula is C13H10F3NO2S. The number of aryl methyl sites for hydroxylation is 1. The van der Waals surface area contributed by atoms with Crippen molar-refractivity contribution in [3.63, 3.8) is 0 Å². The molecule has 0 saturated carbocycles. The number of hydrogen-bond donors (Lipinski definition) is 1. The summed E-state index contributed by atoms with van der Waals surface area (Å²) in [5, 5.41) is 8.96. The van der Waals surface area contributed by atoms with Crippen LogP contribution in [0.2, 0.25) is 0 Å². The van der Waals surface area contributed by atoms with Crippen LogP contribution in [0, 0.1) is 6.92 Å². The monoisotopic (exact) mass is 301 g/mol. The van der Waals surface area contributed by atoms with Gasteiger partial charge in [0.15, 0.2) is 5.69 Å². The van der Waals surface area contributed by atoms with Crippen LogP contribution in [-0.4, -0.2) is 16.1 Å². The van der Waals surface area contributed by atoms with E-state index in [1.807, 2.05) is 19.1 Å². The first-order chi connectivity index (χ1) is 9.27. The van der Waals surface area contributed by atoms with E-state index >= 15 is 0 Å². The number of alkyl halides is 3. The number of nitrogens with zero attached hydrogens (tertiary/aromatic N) is 1. The van der Waals surface area contributed by atoms with Crippen molar-refractivity contribution in [2.75, 3.05) is 0 Å². The third-order valence-electron chi connectivity index (χ3n) is 2.57. The first-order valence-electron chi connectivity index (χ1n) is 5.63. The zero-order valence-corrected chi connectivity index (χ0v) is 11.2. The Kier molecular flexibility index (Phi) is 3.80. The van der Waals surface area contributed by atoms with E-state index in [4.69, 9.17) is 5.11 Å². The first-order valence-corrected chi connectivity index (χ1v) is 6.45. The molecule has 0 unspecified atom stereocenters. The van der Waals surface area contributed by atoms with E-state index in [0.29, 0.717) is 11.3 Å². The topological polar surface area (TPSA) is 50.2 Å². The van der Waals surface area contributed by atoms with Crippen molar-refractivity contribution in [3.8, 4) is 0 Å². The average molecular weight is 301 g/mol. The Balaban J connectivity index is 2.37. The van der Waals surface area contributed by atoms with Crippen LogP contribution in [0.4, 0.5) is 13.2 Å². The number of hydrogen-bond acceptors (Lipinski definition) is 3. The molecule has 7 heteroatoms. The van der Waals surface area contributed by atoms with Gasteiger partial charge in [-0.05, 0) is 12.5 Å². The first kappa shape index (κ1) is 14.5. The number of carboxylic acids is 1. The van der Waals surface area contributed by atoms with Crippen LogP contribution in [-0.2, 0) is 12.6 Å². The summed E-state index contributed by atoms with van der Waals surface area (Å²) in [5.74, 6) is -1.61. The second-order valence-corrected chi connectivity index (χ2v) is 5.34. The van der Waals surface area contributed by atoms with Crippen LogP contribution in [0.3, 0.4) is 0 Å². The van der Waals surface area contributed by atoms with Gasteiger partial charge >= 0.3 is 12.1 Å². The summed E-state index contributed by atoms with van der Waals surface area (Å²) < 4.78 is 38.1. The predicted octanol–water partition coefficient (Wildman–Crippen LogP) is 3.76. The van der Waals surface area contributed by atoms with Gasteiger partial charge in [0, 0.05) is 6.42 Å². The molecule has 3 nitrogen and oxygen atoms in total. The van der Waals surface area contributed by atoms with Crippen LogP contribution in [0.15, 0.2) is 24.3 Å². The largest absolute Gasteiger partial charge is 0.477 e. The maximum Gasteiger partial charge on any atom is 0.435 e. The molecule has 0 bridgehead atoms. The lowest BCUT2D eigenvalue weighted by molar-refractivity contribution is -0.141. The van der Waals surface area contributed by atoms with Crippen molar-refractivity contribution < 1.29 is 23.1 Å². The van der Waals surface area contributed by atoms with Gasteiger partial charge in [-0.15, -0.1) is 11.3 Å². The smallest absolute Gasteiger partial charge is 0.435 e. The number of aromatic carboxylic acids is 1. The molecule has 0 atom stereocenters. The zero-order valence-electron chi connectivity index (χ0n) is 10.4. The van der Waals surface area contributed by atoms with E-state index in [1.165, 1.54) is 0 Å². The molecule has 1 aromatic carbocycles. The summed E-state index contributed by atoms with van der Waals surface area (Å²) in [7, 11) is 0. The van der Waals surface area contributed by atoms with E-state index in [1.54, 1.807) is 12.1 Å². The normalized spacial score (nSPS) is 11.6. The summed E-state index contributed by atoms with van der Waals surface area (Å²) in [6.07, 6.45) is -4.57. The van der Waals surface area contributed by atoms with Crippen LogP contribution >= 0.6 is 11.3 Å². The lowest BCUT2D eigenvalue weighted by atomic mass is 10.1. The molecule has 2 rings (SSSR count). The van der Waals surface area contributed by atoms with E-state index in [-0.39, 0.29) is 11.4 Å². The highest BCUT2D eigenvalue weighted by Gasteiger charge is 2.39. The van der Waals surface area contributed by atoms with Crippen molar-refractivity contribution in [2.24, 2.45) is 0 Å². The number of aromatic nitrogens is 1. The number of rotatable bonds is 3. The molecule has 0 radical (unpaired) electrons. The third kappa shape index (κ3) is 3.16. The van der Waals surface area contributed by atoms with Crippen LogP contribution < -0.4 is 0 Å². The molecule has 20 heavy (non-hydrogen) atoms. The quantitative estimate of drug-likeness (QED) is 0.939. The van der Waals surface area contributed by atoms with Gasteiger partial charge in [0.25, 0.3) is 0 Å². The molecule has 0 amide bonds. The van der Waals surface area contributed by atoms with Crippen LogP contribution in [0.1, 0.15) is 31.5 Å². The summed E-state index contributed by atoms with van der Waals surface area (Å²) >= 11 is 0.565. The minimum atomic E-state index is -4.75. The molecule has 1 heterocycles. The number of benzene rings is 1. The van der Waals surface area contributed by atoms with E-state index < -0.39 is 22.7 Å². The van der Waals surface area contributed by atoms with Gasteiger partial charge in [-0.2, -0.15) is 13.2 Å². The molecule has 0 aliphatic heterocycles. The Morgan fingerprint density at radius 1 is 1.40 bits per heavy atom. The number of thiazole rings is 1. The predicted molar refractivity (Wildman–Crippen MR) is 68.1 cm³/mol. The Labute approximate surface area is 116 Å². The number of halogens is 3. The molecule has 0 fully saturated rings. The summed E-state index contributed by atoms with van der Waals surface area (Å²) in [5.41, 5.74) is 0.454. The van der Waals surface area contributed by atoms with Gasteiger partial charge in [0.2, 0.25) is 0 Å². The van der Waals surface area contributed by atoms with Crippen LogP contribution in [0.5, 0.6) is 0 Å². The van der Waals surface area contributed by atoms with Crippen molar-refractivity contribution in [2.45, 2.75) is 19.5 Å². The lowest BCUT2D eigenvalue weighted by Gasteiger charge is -2.02. The molecule has 0 saturated heterocycles. The molecule has 1 N–H and O–H groups in total. The fourth-order valence-corrected chi connectivity index (χ4v) is 2.73. The lowest BCUT2D eigenvalue weighted by Crippen LogP contribution is -2.11. The number of carboxylic acid groups (broad SMARTS) is 1. The molecule has 1 aromatic heterocycles. The fourth-order valence-electron chi connectivity index (χ4n) is 1.77. The molecule has 2 aromatic rings.